The number of aryl methyl sites for hydroxylation is 2. The second-order valence-electron chi connectivity index (χ2n) is 9.54. The smallest absolute Gasteiger partial charge is 0.238 e. The third kappa shape index (κ3) is 2.91. The van der Waals surface area contributed by atoms with Gasteiger partial charge in [-0.05, 0) is 92.0 Å². The molecule has 162 valence electrons. The minimum Gasteiger partial charge on any atom is -0.437 e. The Labute approximate surface area is 191 Å². The summed E-state index contributed by atoms with van der Waals surface area (Å²) in [5.41, 5.74) is 4.06. The first-order valence-electron chi connectivity index (χ1n) is 11.2. The van der Waals surface area contributed by atoms with Gasteiger partial charge in [0.1, 0.15) is 11.7 Å². The Bertz CT molecular complexity index is 1250. The van der Waals surface area contributed by atoms with Gasteiger partial charge in [0.25, 0.3) is 0 Å². The maximum absolute atomic E-state index is 13.3. The first-order valence-corrected chi connectivity index (χ1v) is 11.6. The fourth-order valence-electron chi connectivity index (χ4n) is 6.51. The summed E-state index contributed by atoms with van der Waals surface area (Å²) in [6.45, 7) is 3.90. The number of halogens is 1. The molecule has 1 aromatic heterocycles. The third-order valence-electron chi connectivity index (χ3n) is 7.70. The van der Waals surface area contributed by atoms with E-state index in [1.165, 1.54) is 0 Å². The molecule has 0 saturated heterocycles. The molecule has 5 atom stereocenters. The van der Waals surface area contributed by atoms with Crippen molar-refractivity contribution in [2.45, 2.75) is 39.0 Å². The van der Waals surface area contributed by atoms with Gasteiger partial charge in [0.2, 0.25) is 5.88 Å². The van der Waals surface area contributed by atoms with E-state index in [9.17, 15) is 9.59 Å². The molecule has 3 aliphatic carbocycles. The number of Topliss-reactive ketones (excluding diaryl/α,β-unsaturated/α-hetero) is 2. The predicted molar refractivity (Wildman–Crippen MR) is 121 cm³/mol. The van der Waals surface area contributed by atoms with Crippen LogP contribution in [0.2, 0.25) is 5.02 Å². The van der Waals surface area contributed by atoms with Gasteiger partial charge in [-0.2, -0.15) is 0 Å². The standard InChI is InChI=1S/C26H23ClN2O3/c1-12-7-17(32-20-11-28-19-10-16(27)5-6-18(19)29-20)8-13(2)21(12)24-25(30)22-14-3-4-15(9-14)23(22)26(24)31/h5-8,10-11,14-15,22-24H,3-4,9H2,1-2H3/t14-,15+,22-,23+,24?. The number of carbonyl (C=O) groups is 2. The zero-order valence-corrected chi connectivity index (χ0v) is 18.7. The Morgan fingerprint density at radius 3 is 2.25 bits per heavy atom. The number of aromatic nitrogens is 2. The molecule has 5 nitrogen and oxygen atoms in total. The van der Waals surface area contributed by atoms with E-state index in [0.29, 0.717) is 39.5 Å². The largest absolute Gasteiger partial charge is 0.437 e. The molecule has 2 bridgehead atoms. The van der Waals surface area contributed by atoms with E-state index >= 15 is 0 Å². The lowest BCUT2D eigenvalue weighted by molar-refractivity contribution is -0.125. The average molecular weight is 447 g/mol. The van der Waals surface area contributed by atoms with Crippen LogP contribution in [0.1, 0.15) is 41.9 Å². The van der Waals surface area contributed by atoms with Crippen molar-refractivity contribution in [2.24, 2.45) is 23.7 Å². The first-order chi connectivity index (χ1) is 15.4. The zero-order valence-electron chi connectivity index (χ0n) is 18.0. The maximum Gasteiger partial charge on any atom is 0.238 e. The lowest BCUT2D eigenvalue weighted by Gasteiger charge is -2.21. The van der Waals surface area contributed by atoms with Gasteiger partial charge in [0.05, 0.1) is 17.2 Å². The van der Waals surface area contributed by atoms with Crippen LogP contribution < -0.4 is 4.74 Å². The van der Waals surface area contributed by atoms with Crippen LogP contribution in [0.25, 0.3) is 11.0 Å². The summed E-state index contributed by atoms with van der Waals surface area (Å²) in [5.74, 6) is 1.39. The van der Waals surface area contributed by atoms with Gasteiger partial charge in [0, 0.05) is 16.9 Å². The maximum atomic E-state index is 13.3. The molecule has 1 heterocycles. The molecule has 6 heteroatoms. The molecule has 3 aliphatic rings. The van der Waals surface area contributed by atoms with E-state index in [2.05, 4.69) is 9.97 Å². The minimum atomic E-state index is -0.618. The van der Waals surface area contributed by atoms with Crippen LogP contribution in [0, 0.1) is 37.5 Å². The highest BCUT2D eigenvalue weighted by molar-refractivity contribution is 6.31. The lowest BCUT2D eigenvalue weighted by Crippen LogP contribution is -2.24. The van der Waals surface area contributed by atoms with E-state index in [4.69, 9.17) is 16.3 Å². The monoisotopic (exact) mass is 446 g/mol. The topological polar surface area (TPSA) is 69.2 Å². The Hall–Kier alpha value is -2.79. The van der Waals surface area contributed by atoms with E-state index in [1.807, 2.05) is 26.0 Å². The van der Waals surface area contributed by atoms with Crippen LogP contribution in [0.5, 0.6) is 11.6 Å². The van der Waals surface area contributed by atoms with Gasteiger partial charge in [-0.15, -0.1) is 0 Å². The van der Waals surface area contributed by atoms with E-state index < -0.39 is 5.92 Å². The van der Waals surface area contributed by atoms with Crippen molar-refractivity contribution in [1.82, 2.24) is 9.97 Å². The van der Waals surface area contributed by atoms with E-state index in [-0.39, 0.29) is 23.4 Å². The van der Waals surface area contributed by atoms with Crippen LogP contribution in [-0.2, 0) is 9.59 Å². The summed E-state index contributed by atoms with van der Waals surface area (Å²) in [5, 5.41) is 0.607. The van der Waals surface area contributed by atoms with Crippen LogP contribution in [0.15, 0.2) is 36.5 Å². The number of carbonyl (C=O) groups excluding carboxylic acids is 2. The number of nitrogens with zero attached hydrogens (tertiary/aromatic N) is 2. The number of benzene rings is 2. The molecule has 0 N–H and O–H groups in total. The predicted octanol–water partition coefficient (Wildman–Crippen LogP) is 5.59. The third-order valence-corrected chi connectivity index (χ3v) is 7.94. The molecule has 0 spiro atoms. The number of fused-ring (bicyclic) bond motifs is 6. The number of ether oxygens (including phenoxy) is 1. The van der Waals surface area contributed by atoms with Crippen molar-refractivity contribution < 1.29 is 14.3 Å². The van der Waals surface area contributed by atoms with Crippen molar-refractivity contribution in [3.8, 4) is 11.6 Å². The van der Waals surface area contributed by atoms with Crippen molar-refractivity contribution >= 4 is 34.2 Å². The molecule has 3 saturated carbocycles. The zero-order chi connectivity index (χ0) is 22.1. The van der Waals surface area contributed by atoms with Gasteiger partial charge >= 0.3 is 0 Å². The van der Waals surface area contributed by atoms with E-state index in [0.717, 1.165) is 36.0 Å². The fraction of sp³-hybridized carbons (Fsp3) is 0.385. The van der Waals surface area contributed by atoms with Crippen LogP contribution in [0.3, 0.4) is 0 Å². The van der Waals surface area contributed by atoms with Crippen LogP contribution in [-0.4, -0.2) is 21.5 Å². The molecular weight excluding hydrogens is 424 g/mol. The van der Waals surface area contributed by atoms with Crippen LogP contribution >= 0.6 is 11.6 Å². The lowest BCUT2D eigenvalue weighted by atomic mass is 9.81. The summed E-state index contributed by atoms with van der Waals surface area (Å²) in [6, 6.07) is 9.10. The Kier molecular flexibility index (Phi) is 4.41. The van der Waals surface area contributed by atoms with Gasteiger partial charge in [-0.3, -0.25) is 9.59 Å². The van der Waals surface area contributed by atoms with Gasteiger partial charge in [-0.25, -0.2) is 9.97 Å². The summed E-state index contributed by atoms with van der Waals surface area (Å²) >= 11 is 6.02. The molecule has 2 aromatic carbocycles. The highest BCUT2D eigenvalue weighted by Crippen LogP contribution is 2.59. The minimum absolute atomic E-state index is 0.0534. The van der Waals surface area contributed by atoms with Crippen molar-refractivity contribution in [3.63, 3.8) is 0 Å². The molecule has 0 aliphatic heterocycles. The summed E-state index contributed by atoms with van der Waals surface area (Å²) in [4.78, 5) is 35.6. The summed E-state index contributed by atoms with van der Waals surface area (Å²) in [7, 11) is 0. The highest BCUT2D eigenvalue weighted by Gasteiger charge is 2.61. The normalized spacial score (nSPS) is 28.5. The quantitative estimate of drug-likeness (QED) is 0.490. The molecule has 0 amide bonds. The Balaban J connectivity index is 1.31. The van der Waals surface area contributed by atoms with Gasteiger partial charge in [-0.1, -0.05) is 11.6 Å². The molecule has 1 unspecified atom stereocenters. The Morgan fingerprint density at radius 2 is 1.59 bits per heavy atom. The molecule has 6 rings (SSSR count). The highest BCUT2D eigenvalue weighted by atomic mass is 35.5. The molecular formula is C26H23ClN2O3. The van der Waals surface area contributed by atoms with Gasteiger partial charge in [0.15, 0.2) is 11.6 Å². The molecule has 3 fully saturated rings. The van der Waals surface area contributed by atoms with Crippen LogP contribution in [0.4, 0.5) is 0 Å². The van der Waals surface area contributed by atoms with E-state index in [1.54, 1.807) is 24.4 Å². The molecule has 3 aromatic rings. The molecule has 32 heavy (non-hydrogen) atoms. The second kappa shape index (κ2) is 7.11. The SMILES string of the molecule is Cc1cc(Oc2cnc3cc(Cl)ccc3n2)cc(C)c1C1C(=O)[C@@H]2[C@@H]3CC[C@@H](C3)[C@@H]2C1=O. The second-order valence-corrected chi connectivity index (χ2v) is 9.97. The number of ketones is 2. The first kappa shape index (κ1) is 19.9. The summed E-state index contributed by atoms with van der Waals surface area (Å²) < 4.78 is 5.99. The Morgan fingerprint density at radius 1 is 0.938 bits per heavy atom. The number of rotatable bonds is 3. The van der Waals surface area contributed by atoms with Crippen molar-refractivity contribution in [1.29, 1.82) is 0 Å². The molecule has 0 radical (unpaired) electrons. The fourth-order valence-corrected chi connectivity index (χ4v) is 6.67. The van der Waals surface area contributed by atoms with Crippen molar-refractivity contribution in [2.75, 3.05) is 0 Å². The average Bonchev–Trinajstić information content (AvgIpc) is 3.43. The van der Waals surface area contributed by atoms with Crippen molar-refractivity contribution in [3.05, 3.63) is 58.2 Å². The number of hydrogen-bond donors (Lipinski definition) is 0. The summed E-state index contributed by atoms with van der Waals surface area (Å²) in [6.07, 6.45) is 4.82. The number of hydrogen-bond acceptors (Lipinski definition) is 5. The van der Waals surface area contributed by atoms with Gasteiger partial charge < -0.3 is 4.74 Å².